The minimum Gasteiger partial charge on any atom is -0.461 e. The van der Waals surface area contributed by atoms with Crippen LogP contribution < -0.4 is 0 Å². The zero-order chi connectivity index (χ0) is 14.5. The monoisotopic (exact) mass is 300 g/mol. The van der Waals surface area contributed by atoms with Gasteiger partial charge in [0.05, 0.1) is 11.5 Å². The molecule has 0 aliphatic carbocycles. The summed E-state index contributed by atoms with van der Waals surface area (Å²) in [5.74, 6) is -0.493. The van der Waals surface area contributed by atoms with Gasteiger partial charge in [-0.25, -0.2) is 4.79 Å². The molecule has 6 heteroatoms. The second-order valence-electron chi connectivity index (χ2n) is 4.79. The van der Waals surface area contributed by atoms with Crippen molar-refractivity contribution in [1.82, 2.24) is 0 Å². The summed E-state index contributed by atoms with van der Waals surface area (Å²) in [6.45, 7) is 7.80. The molecule has 0 amide bonds. The zero-order valence-electron chi connectivity index (χ0n) is 11.4. The van der Waals surface area contributed by atoms with Crippen molar-refractivity contribution in [1.29, 1.82) is 0 Å². The number of carbonyl (C=O) groups excluding carboxylic acids is 1. The number of rotatable bonds is 4. The normalized spacial score (nSPS) is 13.5. The summed E-state index contributed by atoms with van der Waals surface area (Å²) in [5.41, 5.74) is -0.125. The number of halogens is 1. The van der Waals surface area contributed by atoms with E-state index in [0.717, 1.165) is 0 Å². The Morgan fingerprint density at radius 3 is 2.58 bits per heavy atom. The van der Waals surface area contributed by atoms with Crippen molar-refractivity contribution in [2.24, 2.45) is 15.6 Å². The third kappa shape index (κ3) is 4.76. The molecule has 4 nitrogen and oxygen atoms in total. The molecule has 0 fully saturated rings. The van der Waals surface area contributed by atoms with Gasteiger partial charge in [0.15, 0.2) is 5.71 Å². The summed E-state index contributed by atoms with van der Waals surface area (Å²) in [7, 11) is 0. The van der Waals surface area contributed by atoms with Gasteiger partial charge in [0.2, 0.25) is 0 Å². The Bertz CT molecular complexity index is 487. The Morgan fingerprint density at radius 2 is 2.11 bits per heavy atom. The molecule has 1 aromatic rings. The SMILES string of the molecule is CCOC(=O)C(=NN=C(Cl)C(C)(C)C)c1cccs1. The first kappa shape index (κ1) is 15.9. The van der Waals surface area contributed by atoms with Crippen LogP contribution in [0.2, 0.25) is 0 Å². The van der Waals surface area contributed by atoms with Gasteiger partial charge in [0.25, 0.3) is 0 Å². The number of esters is 1. The average molecular weight is 301 g/mol. The second-order valence-corrected chi connectivity index (χ2v) is 6.09. The van der Waals surface area contributed by atoms with Crippen molar-refractivity contribution in [3.8, 4) is 0 Å². The van der Waals surface area contributed by atoms with E-state index < -0.39 is 5.97 Å². The molecule has 0 radical (unpaired) electrons. The van der Waals surface area contributed by atoms with Gasteiger partial charge >= 0.3 is 5.97 Å². The number of hydrogen-bond acceptors (Lipinski definition) is 5. The lowest BCUT2D eigenvalue weighted by molar-refractivity contribution is -0.134. The van der Waals surface area contributed by atoms with Gasteiger partial charge in [-0.05, 0) is 18.4 Å². The minimum absolute atomic E-state index is 0.180. The Kier molecular flexibility index (Phi) is 5.69. The molecule has 0 saturated carbocycles. The molecule has 0 saturated heterocycles. The Balaban J connectivity index is 3.08. The molecule has 0 spiro atoms. The van der Waals surface area contributed by atoms with E-state index >= 15 is 0 Å². The third-order valence-electron chi connectivity index (χ3n) is 2.08. The predicted octanol–water partition coefficient (Wildman–Crippen LogP) is 3.70. The van der Waals surface area contributed by atoms with Gasteiger partial charge in [-0.1, -0.05) is 38.4 Å². The summed E-state index contributed by atoms with van der Waals surface area (Å²) >= 11 is 7.44. The molecule has 1 rings (SSSR count). The van der Waals surface area contributed by atoms with Crippen LogP contribution in [0.15, 0.2) is 27.7 Å². The predicted molar refractivity (Wildman–Crippen MR) is 80.2 cm³/mol. The maximum absolute atomic E-state index is 11.8. The Hall–Kier alpha value is -1.20. The highest BCUT2D eigenvalue weighted by Gasteiger charge is 2.19. The van der Waals surface area contributed by atoms with Crippen molar-refractivity contribution < 1.29 is 9.53 Å². The highest BCUT2D eigenvalue weighted by Crippen LogP contribution is 2.19. The van der Waals surface area contributed by atoms with Gasteiger partial charge in [0.1, 0.15) is 5.17 Å². The lowest BCUT2D eigenvalue weighted by Gasteiger charge is -2.14. The van der Waals surface area contributed by atoms with Crippen LogP contribution in [0.3, 0.4) is 0 Å². The first-order valence-corrected chi connectivity index (χ1v) is 7.14. The van der Waals surface area contributed by atoms with Gasteiger partial charge in [-0.15, -0.1) is 21.5 Å². The summed E-state index contributed by atoms with van der Waals surface area (Å²) in [4.78, 5) is 12.6. The number of thiophene rings is 1. The van der Waals surface area contributed by atoms with Crippen LogP contribution in [0.25, 0.3) is 0 Å². The van der Waals surface area contributed by atoms with Crippen LogP contribution in [-0.4, -0.2) is 23.5 Å². The van der Waals surface area contributed by atoms with Crippen LogP contribution in [0.4, 0.5) is 0 Å². The fourth-order valence-corrected chi connectivity index (χ4v) is 1.78. The van der Waals surface area contributed by atoms with E-state index in [9.17, 15) is 4.79 Å². The van der Waals surface area contributed by atoms with Crippen molar-refractivity contribution in [3.05, 3.63) is 22.4 Å². The summed E-state index contributed by atoms with van der Waals surface area (Å²) in [5, 5.41) is 10.1. The molecular formula is C13H17ClN2O2S. The molecule has 0 aromatic carbocycles. The van der Waals surface area contributed by atoms with E-state index in [1.807, 2.05) is 32.2 Å². The van der Waals surface area contributed by atoms with Crippen molar-refractivity contribution in [3.63, 3.8) is 0 Å². The molecule has 19 heavy (non-hydrogen) atoms. The molecule has 0 atom stereocenters. The molecule has 0 bridgehead atoms. The van der Waals surface area contributed by atoms with Crippen LogP contribution in [0.5, 0.6) is 0 Å². The molecule has 104 valence electrons. The summed E-state index contributed by atoms with van der Waals surface area (Å²) in [6.07, 6.45) is 0. The smallest absolute Gasteiger partial charge is 0.360 e. The number of nitrogens with zero attached hydrogens (tertiary/aromatic N) is 2. The molecular weight excluding hydrogens is 284 g/mol. The maximum atomic E-state index is 11.8. The number of ether oxygens (including phenoxy) is 1. The minimum atomic E-state index is -0.493. The Morgan fingerprint density at radius 1 is 1.42 bits per heavy atom. The van der Waals surface area contributed by atoms with E-state index in [4.69, 9.17) is 16.3 Å². The van der Waals surface area contributed by atoms with Crippen molar-refractivity contribution in [2.75, 3.05) is 6.61 Å². The largest absolute Gasteiger partial charge is 0.461 e. The molecule has 0 unspecified atom stereocenters. The zero-order valence-corrected chi connectivity index (χ0v) is 13.0. The molecule has 0 aliphatic heterocycles. The van der Waals surface area contributed by atoms with E-state index in [1.165, 1.54) is 11.3 Å². The molecule has 1 heterocycles. The van der Waals surface area contributed by atoms with Crippen LogP contribution in [0.1, 0.15) is 32.6 Å². The number of hydrogen-bond donors (Lipinski definition) is 0. The van der Waals surface area contributed by atoms with Gasteiger partial charge in [-0.3, -0.25) is 0 Å². The van der Waals surface area contributed by atoms with Gasteiger partial charge in [-0.2, -0.15) is 0 Å². The fraction of sp³-hybridized carbons (Fsp3) is 0.462. The average Bonchev–Trinajstić information content (AvgIpc) is 2.81. The van der Waals surface area contributed by atoms with Crippen LogP contribution in [-0.2, 0) is 9.53 Å². The van der Waals surface area contributed by atoms with Crippen molar-refractivity contribution >= 4 is 39.8 Å². The van der Waals surface area contributed by atoms with Gasteiger partial charge in [0, 0.05) is 5.41 Å². The van der Waals surface area contributed by atoms with Crippen LogP contribution in [0, 0.1) is 5.41 Å². The fourth-order valence-electron chi connectivity index (χ4n) is 1.05. The Labute approximate surface area is 122 Å². The standard InChI is InChI=1S/C13H17ClN2O2S/c1-5-18-11(17)10(9-7-6-8-19-9)15-16-12(14)13(2,3)4/h6-8H,5H2,1-4H3. The first-order chi connectivity index (χ1) is 8.86. The van der Waals surface area contributed by atoms with Crippen molar-refractivity contribution in [2.45, 2.75) is 27.7 Å². The highest BCUT2D eigenvalue weighted by molar-refractivity contribution is 7.13. The third-order valence-corrected chi connectivity index (χ3v) is 3.60. The van der Waals surface area contributed by atoms with Gasteiger partial charge < -0.3 is 4.74 Å². The highest BCUT2D eigenvalue weighted by atomic mass is 35.5. The quantitative estimate of drug-likeness (QED) is 0.483. The lowest BCUT2D eigenvalue weighted by atomic mass is 9.99. The van der Waals surface area contributed by atoms with E-state index in [1.54, 1.807) is 13.0 Å². The lowest BCUT2D eigenvalue weighted by Crippen LogP contribution is -2.18. The van der Waals surface area contributed by atoms with E-state index in [2.05, 4.69) is 10.2 Å². The summed E-state index contributed by atoms with van der Waals surface area (Å²) < 4.78 is 4.97. The molecule has 0 N–H and O–H groups in total. The molecule has 1 aromatic heterocycles. The molecule has 0 aliphatic rings. The van der Waals surface area contributed by atoms with E-state index in [-0.39, 0.29) is 11.1 Å². The first-order valence-electron chi connectivity index (χ1n) is 5.89. The summed E-state index contributed by atoms with van der Waals surface area (Å²) in [6, 6.07) is 3.63. The van der Waals surface area contributed by atoms with E-state index in [0.29, 0.717) is 16.7 Å². The van der Waals surface area contributed by atoms with Crippen LogP contribution >= 0.6 is 22.9 Å². The topological polar surface area (TPSA) is 51.0 Å². The maximum Gasteiger partial charge on any atom is 0.360 e. The number of carbonyl (C=O) groups is 1. The second kappa shape index (κ2) is 6.82.